The van der Waals surface area contributed by atoms with Crippen LogP contribution in [0.25, 0.3) is 0 Å². The molecule has 0 aromatic heterocycles. The van der Waals surface area contributed by atoms with E-state index >= 15 is 0 Å². The summed E-state index contributed by atoms with van der Waals surface area (Å²) in [6, 6.07) is 0. The van der Waals surface area contributed by atoms with Gasteiger partial charge in [0.2, 0.25) is 0 Å². The van der Waals surface area contributed by atoms with Crippen molar-refractivity contribution in [1.29, 1.82) is 0 Å². The molecule has 1 N–H and O–H groups in total. The van der Waals surface area contributed by atoms with Gasteiger partial charge in [0.15, 0.2) is 0 Å². The standard InChI is InChI=1S/C6H14NO/c1-4-5-7-6(2,3)8/h7H,4-5H2,1-3H3. The van der Waals surface area contributed by atoms with Crippen LogP contribution < -0.4 is 5.32 Å². The highest BCUT2D eigenvalue weighted by Gasteiger charge is 2.11. The molecular weight excluding hydrogens is 102 g/mol. The summed E-state index contributed by atoms with van der Waals surface area (Å²) in [4.78, 5) is 0. The predicted octanol–water partition coefficient (Wildman–Crippen LogP) is 1.15. The van der Waals surface area contributed by atoms with E-state index in [1.165, 1.54) is 0 Å². The Balaban J connectivity index is 3.11. The molecule has 0 aliphatic carbocycles. The van der Waals surface area contributed by atoms with Crippen LogP contribution in [0.15, 0.2) is 0 Å². The molecule has 1 radical (unpaired) electrons. The lowest BCUT2D eigenvalue weighted by molar-refractivity contribution is -0.0257. The molecule has 0 heterocycles. The smallest absolute Gasteiger partial charge is 0.148 e. The first-order valence-electron chi connectivity index (χ1n) is 3.01. The molecule has 0 spiro atoms. The highest BCUT2D eigenvalue weighted by molar-refractivity contribution is 4.59. The number of rotatable bonds is 3. The SMILES string of the molecule is CCCNC(C)(C)[O]. The minimum absolute atomic E-state index is 0.816. The van der Waals surface area contributed by atoms with Crippen LogP contribution in [-0.2, 0) is 5.11 Å². The fraction of sp³-hybridized carbons (Fsp3) is 1.00. The van der Waals surface area contributed by atoms with Gasteiger partial charge in [0.1, 0.15) is 5.72 Å². The fourth-order valence-corrected chi connectivity index (χ4v) is 0.426. The number of nitrogens with one attached hydrogen (secondary N) is 1. The van der Waals surface area contributed by atoms with Gasteiger partial charge in [0.25, 0.3) is 0 Å². The molecule has 0 aromatic carbocycles. The lowest BCUT2D eigenvalue weighted by Crippen LogP contribution is -2.37. The van der Waals surface area contributed by atoms with Crippen molar-refractivity contribution in [2.24, 2.45) is 0 Å². The van der Waals surface area contributed by atoms with E-state index in [-0.39, 0.29) is 0 Å². The molecule has 2 nitrogen and oxygen atoms in total. The second kappa shape index (κ2) is 3.05. The van der Waals surface area contributed by atoms with Crippen molar-refractivity contribution in [2.75, 3.05) is 6.54 Å². The van der Waals surface area contributed by atoms with Gasteiger partial charge in [-0.25, -0.2) is 5.11 Å². The molecule has 0 fully saturated rings. The van der Waals surface area contributed by atoms with Gasteiger partial charge < -0.3 is 0 Å². The zero-order valence-corrected chi connectivity index (χ0v) is 5.82. The topological polar surface area (TPSA) is 31.9 Å². The molecule has 0 amide bonds. The first kappa shape index (κ1) is 7.92. The Hall–Kier alpha value is -0.0800. The molecule has 0 unspecified atom stereocenters. The zero-order chi connectivity index (χ0) is 6.62. The van der Waals surface area contributed by atoms with Crippen LogP contribution in [0.3, 0.4) is 0 Å². The largest absolute Gasteiger partial charge is 0.287 e. The summed E-state index contributed by atoms with van der Waals surface area (Å²) in [5.74, 6) is 0. The Morgan fingerprint density at radius 1 is 1.50 bits per heavy atom. The van der Waals surface area contributed by atoms with E-state index in [0.717, 1.165) is 13.0 Å². The third-order valence-corrected chi connectivity index (χ3v) is 0.801. The monoisotopic (exact) mass is 116 g/mol. The third-order valence-electron chi connectivity index (χ3n) is 0.801. The van der Waals surface area contributed by atoms with Gasteiger partial charge in [0.05, 0.1) is 0 Å². The minimum Gasteiger partial charge on any atom is -0.287 e. The van der Waals surface area contributed by atoms with Crippen LogP contribution >= 0.6 is 0 Å². The van der Waals surface area contributed by atoms with Crippen molar-refractivity contribution in [3.05, 3.63) is 0 Å². The Labute approximate surface area is 50.9 Å². The highest BCUT2D eigenvalue weighted by Crippen LogP contribution is 1.94. The average molecular weight is 116 g/mol. The highest BCUT2D eigenvalue weighted by atomic mass is 16.3. The Morgan fingerprint density at radius 2 is 2.00 bits per heavy atom. The fourth-order valence-electron chi connectivity index (χ4n) is 0.426. The summed E-state index contributed by atoms with van der Waals surface area (Å²) in [6.07, 6.45) is 1.02. The molecule has 0 rings (SSSR count). The van der Waals surface area contributed by atoms with E-state index < -0.39 is 5.72 Å². The first-order chi connectivity index (χ1) is 3.56. The summed E-state index contributed by atoms with van der Waals surface area (Å²) in [5.41, 5.74) is -0.948. The summed E-state index contributed by atoms with van der Waals surface area (Å²) in [5, 5.41) is 13.6. The van der Waals surface area contributed by atoms with Crippen molar-refractivity contribution < 1.29 is 5.11 Å². The summed E-state index contributed by atoms with van der Waals surface area (Å²) < 4.78 is 0. The van der Waals surface area contributed by atoms with E-state index in [2.05, 4.69) is 5.32 Å². The van der Waals surface area contributed by atoms with Gasteiger partial charge in [-0.2, -0.15) is 0 Å². The van der Waals surface area contributed by atoms with Gasteiger partial charge in [-0.15, -0.1) is 0 Å². The molecule has 2 heteroatoms. The van der Waals surface area contributed by atoms with Crippen molar-refractivity contribution >= 4 is 0 Å². The molecule has 49 valence electrons. The van der Waals surface area contributed by atoms with Gasteiger partial charge in [0, 0.05) is 0 Å². The average Bonchev–Trinajstić information content (AvgIpc) is 1.59. The molecule has 0 aromatic rings. The van der Waals surface area contributed by atoms with Crippen LogP contribution in [0, 0.1) is 0 Å². The van der Waals surface area contributed by atoms with Crippen molar-refractivity contribution in [2.45, 2.75) is 32.9 Å². The molecule has 8 heavy (non-hydrogen) atoms. The number of hydrogen-bond donors (Lipinski definition) is 1. The molecule has 0 saturated heterocycles. The van der Waals surface area contributed by atoms with E-state index in [9.17, 15) is 5.11 Å². The number of hydrogen-bond acceptors (Lipinski definition) is 1. The Kier molecular flexibility index (Phi) is 3.02. The van der Waals surface area contributed by atoms with Crippen LogP contribution in [0.1, 0.15) is 27.2 Å². The third kappa shape index (κ3) is 5.92. The lowest BCUT2D eigenvalue weighted by Gasteiger charge is -2.14. The van der Waals surface area contributed by atoms with Crippen molar-refractivity contribution in [3.63, 3.8) is 0 Å². The molecule has 0 aliphatic rings. The predicted molar refractivity (Wildman–Crippen MR) is 33.1 cm³/mol. The summed E-state index contributed by atoms with van der Waals surface area (Å²) >= 11 is 0. The zero-order valence-electron chi connectivity index (χ0n) is 5.82. The van der Waals surface area contributed by atoms with Gasteiger partial charge in [-0.1, -0.05) is 6.92 Å². The Bertz CT molecular complexity index is 56.0. The van der Waals surface area contributed by atoms with Crippen LogP contribution in [0.4, 0.5) is 0 Å². The second-order valence-corrected chi connectivity index (χ2v) is 2.44. The van der Waals surface area contributed by atoms with Gasteiger partial charge in [-0.3, -0.25) is 5.32 Å². The normalized spacial score (nSPS) is 12.0. The molecular formula is C6H14NO. The van der Waals surface area contributed by atoms with Gasteiger partial charge >= 0.3 is 0 Å². The summed E-state index contributed by atoms with van der Waals surface area (Å²) in [6.45, 7) is 6.11. The maximum absolute atomic E-state index is 10.8. The van der Waals surface area contributed by atoms with E-state index in [0.29, 0.717) is 0 Å². The van der Waals surface area contributed by atoms with Crippen LogP contribution in [0.5, 0.6) is 0 Å². The molecule has 0 aliphatic heterocycles. The minimum atomic E-state index is -0.948. The van der Waals surface area contributed by atoms with E-state index in [4.69, 9.17) is 0 Å². The molecule has 0 atom stereocenters. The van der Waals surface area contributed by atoms with E-state index in [1.807, 2.05) is 6.92 Å². The van der Waals surface area contributed by atoms with Crippen LogP contribution in [0.2, 0.25) is 0 Å². The van der Waals surface area contributed by atoms with Crippen molar-refractivity contribution in [3.8, 4) is 0 Å². The first-order valence-corrected chi connectivity index (χ1v) is 3.01. The van der Waals surface area contributed by atoms with Gasteiger partial charge in [-0.05, 0) is 26.8 Å². The second-order valence-electron chi connectivity index (χ2n) is 2.44. The Morgan fingerprint density at radius 3 is 2.12 bits per heavy atom. The summed E-state index contributed by atoms with van der Waals surface area (Å²) in [7, 11) is 0. The maximum atomic E-state index is 10.8. The molecule has 0 bridgehead atoms. The maximum Gasteiger partial charge on any atom is 0.148 e. The lowest BCUT2D eigenvalue weighted by atomic mass is 10.3. The van der Waals surface area contributed by atoms with Crippen LogP contribution in [-0.4, -0.2) is 12.3 Å². The quantitative estimate of drug-likeness (QED) is 0.551. The molecule has 0 saturated carbocycles. The van der Waals surface area contributed by atoms with Crippen molar-refractivity contribution in [1.82, 2.24) is 5.32 Å². The van der Waals surface area contributed by atoms with E-state index in [1.54, 1.807) is 13.8 Å².